The average molecular weight is 484 g/mol. The van der Waals surface area contributed by atoms with E-state index in [0.717, 1.165) is 0 Å². The summed E-state index contributed by atoms with van der Waals surface area (Å²) >= 11 is 15.3. The number of hydrogen-bond donors (Lipinski definition) is 1. The first-order chi connectivity index (χ1) is 13.4. The van der Waals surface area contributed by atoms with Gasteiger partial charge < -0.3 is 14.8 Å². The minimum absolute atomic E-state index is 0.0791. The quantitative estimate of drug-likeness (QED) is 0.381. The van der Waals surface area contributed by atoms with Crippen LogP contribution in [0.4, 0.5) is 5.69 Å². The lowest BCUT2D eigenvalue weighted by molar-refractivity contribution is -0.112. The van der Waals surface area contributed by atoms with Crippen LogP contribution < -0.4 is 14.8 Å². The Balaban J connectivity index is 2.33. The Kier molecular flexibility index (Phi) is 8.18. The van der Waals surface area contributed by atoms with Crippen molar-refractivity contribution in [2.75, 3.05) is 18.5 Å². The van der Waals surface area contributed by atoms with Gasteiger partial charge in [0.15, 0.2) is 11.5 Å². The van der Waals surface area contributed by atoms with Crippen LogP contribution in [0.1, 0.15) is 19.4 Å². The molecule has 0 saturated carbocycles. The van der Waals surface area contributed by atoms with Gasteiger partial charge in [0.05, 0.1) is 27.7 Å². The molecule has 0 radical (unpaired) electrons. The minimum Gasteiger partial charge on any atom is -0.490 e. The molecule has 0 spiro atoms. The first-order valence-corrected chi connectivity index (χ1v) is 9.91. The smallest absolute Gasteiger partial charge is 0.266 e. The number of rotatable bonds is 7. The molecule has 2 aromatic carbocycles. The van der Waals surface area contributed by atoms with Gasteiger partial charge in [0.25, 0.3) is 5.91 Å². The van der Waals surface area contributed by atoms with Gasteiger partial charge >= 0.3 is 0 Å². The lowest BCUT2D eigenvalue weighted by atomic mass is 10.1. The van der Waals surface area contributed by atoms with Crippen molar-refractivity contribution in [2.45, 2.75) is 13.8 Å². The van der Waals surface area contributed by atoms with Gasteiger partial charge in [-0.3, -0.25) is 4.79 Å². The molecule has 1 amide bonds. The van der Waals surface area contributed by atoms with Crippen molar-refractivity contribution in [1.82, 2.24) is 0 Å². The number of nitriles is 1. The molecule has 0 atom stereocenters. The van der Waals surface area contributed by atoms with Gasteiger partial charge in [-0.2, -0.15) is 5.26 Å². The van der Waals surface area contributed by atoms with Crippen molar-refractivity contribution in [3.8, 4) is 17.6 Å². The Labute approximate surface area is 182 Å². The van der Waals surface area contributed by atoms with Gasteiger partial charge in [0, 0.05) is 5.69 Å². The van der Waals surface area contributed by atoms with Crippen LogP contribution in [0.3, 0.4) is 0 Å². The second kappa shape index (κ2) is 10.4. The highest BCUT2D eigenvalue weighted by molar-refractivity contribution is 9.10. The van der Waals surface area contributed by atoms with Crippen molar-refractivity contribution in [3.63, 3.8) is 0 Å². The molecule has 0 aliphatic carbocycles. The molecular weight excluding hydrogens is 467 g/mol. The van der Waals surface area contributed by atoms with Gasteiger partial charge in [0.1, 0.15) is 11.6 Å². The zero-order valence-electron chi connectivity index (χ0n) is 15.2. The van der Waals surface area contributed by atoms with E-state index in [1.54, 1.807) is 24.3 Å². The van der Waals surface area contributed by atoms with E-state index >= 15 is 0 Å². The molecule has 0 heterocycles. The van der Waals surface area contributed by atoms with Gasteiger partial charge in [-0.1, -0.05) is 23.2 Å². The largest absolute Gasteiger partial charge is 0.490 e. The summed E-state index contributed by atoms with van der Waals surface area (Å²) in [6.07, 6.45) is 1.47. The zero-order chi connectivity index (χ0) is 20.7. The van der Waals surface area contributed by atoms with E-state index in [4.69, 9.17) is 32.7 Å². The van der Waals surface area contributed by atoms with Crippen LogP contribution in [0.15, 0.2) is 40.4 Å². The predicted octanol–water partition coefficient (Wildman–Crippen LogP) is 6.10. The Morgan fingerprint density at radius 2 is 1.89 bits per heavy atom. The number of hydrogen-bond acceptors (Lipinski definition) is 4. The van der Waals surface area contributed by atoms with Gasteiger partial charge in [-0.25, -0.2) is 0 Å². The Morgan fingerprint density at radius 1 is 1.18 bits per heavy atom. The van der Waals surface area contributed by atoms with Crippen LogP contribution in [0.5, 0.6) is 11.5 Å². The summed E-state index contributed by atoms with van der Waals surface area (Å²) < 4.78 is 11.9. The zero-order valence-corrected chi connectivity index (χ0v) is 18.3. The second-order valence-corrected chi connectivity index (χ2v) is 7.12. The summed E-state index contributed by atoms with van der Waals surface area (Å²) in [5, 5.41) is 12.7. The second-order valence-electron chi connectivity index (χ2n) is 5.45. The lowest BCUT2D eigenvalue weighted by Crippen LogP contribution is -2.13. The Bertz CT molecular complexity index is 955. The van der Waals surface area contributed by atoms with Crippen LogP contribution in [-0.4, -0.2) is 19.1 Å². The maximum Gasteiger partial charge on any atom is 0.266 e. The molecule has 2 rings (SSSR count). The summed E-state index contributed by atoms with van der Waals surface area (Å²) in [6, 6.07) is 10.0. The molecule has 5 nitrogen and oxygen atoms in total. The minimum atomic E-state index is -0.566. The number of anilines is 1. The fraction of sp³-hybridized carbons (Fsp3) is 0.200. The summed E-state index contributed by atoms with van der Waals surface area (Å²) in [4.78, 5) is 12.5. The molecule has 28 heavy (non-hydrogen) atoms. The van der Waals surface area contributed by atoms with Crippen molar-refractivity contribution in [2.24, 2.45) is 0 Å². The molecular formula is C20H17BrCl2N2O3. The third-order valence-electron chi connectivity index (χ3n) is 3.47. The molecule has 0 saturated heterocycles. The molecule has 146 valence electrons. The Hall–Kier alpha value is -2.20. The van der Waals surface area contributed by atoms with Gasteiger partial charge in [-0.15, -0.1) is 0 Å². The molecule has 8 heteroatoms. The number of nitrogens with one attached hydrogen (secondary N) is 1. The standard InChI is InChI=1S/C20H17BrCl2N2O3/c1-3-27-18-9-12(8-15(21)19(18)28-4-2)7-13(11-24)20(26)25-14-5-6-16(22)17(23)10-14/h5-10H,3-4H2,1-2H3,(H,25,26)/b13-7-. The number of ether oxygens (including phenoxy) is 2. The summed E-state index contributed by atoms with van der Waals surface area (Å²) in [5.74, 6) is 0.524. The summed E-state index contributed by atoms with van der Waals surface area (Å²) in [7, 11) is 0. The predicted molar refractivity (Wildman–Crippen MR) is 115 cm³/mol. The fourth-order valence-electron chi connectivity index (χ4n) is 2.31. The molecule has 0 aliphatic rings. The van der Waals surface area contributed by atoms with E-state index in [0.29, 0.717) is 50.5 Å². The lowest BCUT2D eigenvalue weighted by Gasteiger charge is -2.13. The molecule has 2 aromatic rings. The van der Waals surface area contributed by atoms with Crippen LogP contribution >= 0.6 is 39.1 Å². The maximum atomic E-state index is 12.5. The van der Waals surface area contributed by atoms with Crippen molar-refractivity contribution < 1.29 is 14.3 Å². The summed E-state index contributed by atoms with van der Waals surface area (Å²) in [6.45, 7) is 4.65. The molecule has 0 unspecified atom stereocenters. The number of carbonyl (C=O) groups is 1. The van der Waals surface area contributed by atoms with Gasteiger partial charge in [0.2, 0.25) is 0 Å². The molecule has 0 aliphatic heterocycles. The van der Waals surface area contributed by atoms with E-state index < -0.39 is 5.91 Å². The first kappa shape index (κ1) is 22.1. The first-order valence-electron chi connectivity index (χ1n) is 8.36. The van der Waals surface area contributed by atoms with Crippen LogP contribution in [0, 0.1) is 11.3 Å². The monoisotopic (exact) mass is 482 g/mol. The number of amides is 1. The normalized spacial score (nSPS) is 10.9. The van der Waals surface area contributed by atoms with Crippen LogP contribution in [0.25, 0.3) is 6.08 Å². The van der Waals surface area contributed by atoms with Crippen molar-refractivity contribution >= 4 is 56.8 Å². The van der Waals surface area contributed by atoms with Gasteiger partial charge in [-0.05, 0) is 71.7 Å². The number of carbonyl (C=O) groups excluding carboxylic acids is 1. The van der Waals surface area contributed by atoms with E-state index in [1.165, 1.54) is 12.1 Å². The summed E-state index contributed by atoms with van der Waals surface area (Å²) in [5.41, 5.74) is 0.965. The highest BCUT2D eigenvalue weighted by Crippen LogP contribution is 2.37. The SMILES string of the molecule is CCOc1cc(/C=C(/C#N)C(=O)Nc2ccc(Cl)c(Cl)c2)cc(Br)c1OCC. The van der Waals surface area contributed by atoms with E-state index in [2.05, 4.69) is 21.2 Å². The van der Waals surface area contributed by atoms with Crippen molar-refractivity contribution in [1.29, 1.82) is 5.26 Å². The Morgan fingerprint density at radius 3 is 2.50 bits per heavy atom. The molecule has 0 bridgehead atoms. The highest BCUT2D eigenvalue weighted by atomic mass is 79.9. The fourth-order valence-corrected chi connectivity index (χ4v) is 3.18. The highest BCUT2D eigenvalue weighted by Gasteiger charge is 2.14. The number of benzene rings is 2. The molecule has 1 N–H and O–H groups in total. The average Bonchev–Trinajstić information content (AvgIpc) is 2.65. The van der Waals surface area contributed by atoms with Crippen molar-refractivity contribution in [3.05, 3.63) is 56.0 Å². The number of nitrogens with zero attached hydrogens (tertiary/aromatic N) is 1. The maximum absolute atomic E-state index is 12.5. The third kappa shape index (κ3) is 5.65. The van der Waals surface area contributed by atoms with E-state index in [9.17, 15) is 10.1 Å². The third-order valence-corrected chi connectivity index (χ3v) is 4.80. The van der Waals surface area contributed by atoms with E-state index in [1.807, 2.05) is 19.9 Å². The number of halogens is 3. The molecule has 0 aromatic heterocycles. The van der Waals surface area contributed by atoms with E-state index in [-0.39, 0.29) is 5.57 Å². The van der Waals surface area contributed by atoms with Crippen LogP contribution in [-0.2, 0) is 4.79 Å². The molecule has 0 fully saturated rings. The topological polar surface area (TPSA) is 71.3 Å². The van der Waals surface area contributed by atoms with Crippen LogP contribution in [0.2, 0.25) is 10.0 Å².